The monoisotopic (exact) mass is 224 g/mol. The van der Waals surface area contributed by atoms with Crippen molar-refractivity contribution in [1.29, 1.82) is 0 Å². The first-order chi connectivity index (χ1) is 7.31. The maximum atomic E-state index is 13.0. The number of nitrogens with zero attached hydrogens (tertiary/aromatic N) is 2. The number of aromatic nitrogens is 2. The van der Waals surface area contributed by atoms with Crippen LogP contribution in [0.1, 0.15) is 17.3 Å². The molecule has 0 spiro atoms. The molecular weight excluding hydrogens is 215 g/mol. The molecule has 0 saturated heterocycles. The maximum absolute atomic E-state index is 13.0. The molecule has 6 heteroatoms. The van der Waals surface area contributed by atoms with Crippen LogP contribution in [0.3, 0.4) is 0 Å². The van der Waals surface area contributed by atoms with Crippen LogP contribution >= 0.6 is 11.5 Å². The molecule has 1 atom stereocenters. The van der Waals surface area contributed by atoms with Gasteiger partial charge in [-0.3, -0.25) is 5.84 Å². The van der Waals surface area contributed by atoms with Gasteiger partial charge >= 0.3 is 0 Å². The SMILES string of the molecule is NNC(c1cccc(F)c1)c1csnn1. The van der Waals surface area contributed by atoms with Crippen LogP contribution in [-0.2, 0) is 0 Å². The molecule has 0 fully saturated rings. The van der Waals surface area contributed by atoms with Crippen LogP contribution in [0, 0.1) is 5.82 Å². The fraction of sp³-hybridized carbons (Fsp3) is 0.111. The molecular formula is C9H9FN4S. The van der Waals surface area contributed by atoms with Gasteiger partial charge in [-0.05, 0) is 29.2 Å². The summed E-state index contributed by atoms with van der Waals surface area (Å²) in [5.74, 6) is 5.12. The summed E-state index contributed by atoms with van der Waals surface area (Å²) >= 11 is 1.23. The van der Waals surface area contributed by atoms with Crippen molar-refractivity contribution in [1.82, 2.24) is 15.0 Å². The van der Waals surface area contributed by atoms with E-state index in [1.54, 1.807) is 17.5 Å². The van der Waals surface area contributed by atoms with E-state index in [0.717, 1.165) is 5.56 Å². The Morgan fingerprint density at radius 3 is 2.93 bits per heavy atom. The Kier molecular flexibility index (Phi) is 3.00. The Morgan fingerprint density at radius 2 is 2.33 bits per heavy atom. The van der Waals surface area contributed by atoms with Gasteiger partial charge in [0.2, 0.25) is 0 Å². The van der Waals surface area contributed by atoms with Crippen LogP contribution < -0.4 is 11.3 Å². The third-order valence-electron chi connectivity index (χ3n) is 2.02. The van der Waals surface area contributed by atoms with Crippen molar-refractivity contribution in [2.45, 2.75) is 6.04 Å². The van der Waals surface area contributed by atoms with Crippen LogP contribution in [0.15, 0.2) is 29.6 Å². The third-order valence-corrected chi connectivity index (χ3v) is 2.54. The predicted octanol–water partition coefficient (Wildman–Crippen LogP) is 1.23. The summed E-state index contributed by atoms with van der Waals surface area (Å²) in [6.07, 6.45) is 0. The number of nitrogens with two attached hydrogens (primary N) is 1. The van der Waals surface area contributed by atoms with Crippen LogP contribution in [-0.4, -0.2) is 9.59 Å². The first kappa shape index (κ1) is 10.2. The summed E-state index contributed by atoms with van der Waals surface area (Å²) in [4.78, 5) is 0. The minimum Gasteiger partial charge on any atom is -0.271 e. The van der Waals surface area contributed by atoms with Gasteiger partial charge in [0, 0.05) is 5.38 Å². The number of rotatable bonds is 3. The van der Waals surface area contributed by atoms with Crippen molar-refractivity contribution >= 4 is 11.5 Å². The average molecular weight is 224 g/mol. The van der Waals surface area contributed by atoms with Crippen molar-refractivity contribution in [3.05, 3.63) is 46.7 Å². The molecule has 78 valence electrons. The lowest BCUT2D eigenvalue weighted by molar-refractivity contribution is 0.597. The van der Waals surface area contributed by atoms with E-state index in [1.165, 1.54) is 23.7 Å². The highest BCUT2D eigenvalue weighted by atomic mass is 32.1. The summed E-state index contributed by atoms with van der Waals surface area (Å²) in [5, 5.41) is 5.67. The third kappa shape index (κ3) is 2.17. The van der Waals surface area contributed by atoms with Crippen molar-refractivity contribution in [3.63, 3.8) is 0 Å². The standard InChI is InChI=1S/C9H9FN4S/c10-7-3-1-2-6(4-7)9(12-11)8-5-15-14-13-8/h1-5,9,12H,11H2. The molecule has 4 nitrogen and oxygen atoms in total. The first-order valence-electron chi connectivity index (χ1n) is 4.30. The van der Waals surface area contributed by atoms with Crippen molar-refractivity contribution in [3.8, 4) is 0 Å². The fourth-order valence-corrected chi connectivity index (χ4v) is 1.82. The molecule has 2 aromatic rings. The lowest BCUT2D eigenvalue weighted by Gasteiger charge is -2.12. The summed E-state index contributed by atoms with van der Waals surface area (Å²) in [6, 6.07) is 5.90. The summed E-state index contributed by atoms with van der Waals surface area (Å²) in [6.45, 7) is 0. The number of nitrogens with one attached hydrogen (secondary N) is 1. The van der Waals surface area contributed by atoms with E-state index in [1.807, 2.05) is 0 Å². The molecule has 3 N–H and O–H groups in total. The van der Waals surface area contributed by atoms with Gasteiger partial charge in [0.1, 0.15) is 5.82 Å². The Morgan fingerprint density at radius 1 is 1.47 bits per heavy atom. The Labute approximate surface area is 90.1 Å². The molecule has 1 unspecified atom stereocenters. The van der Waals surface area contributed by atoms with Gasteiger partial charge in [-0.25, -0.2) is 9.82 Å². The summed E-state index contributed by atoms with van der Waals surface area (Å²) in [5.41, 5.74) is 4.00. The normalized spacial score (nSPS) is 12.7. The van der Waals surface area contributed by atoms with Gasteiger partial charge in [-0.2, -0.15) is 0 Å². The average Bonchev–Trinajstić information content (AvgIpc) is 2.72. The molecule has 0 bridgehead atoms. The lowest BCUT2D eigenvalue weighted by Crippen LogP contribution is -2.29. The molecule has 0 radical (unpaired) electrons. The molecule has 0 aliphatic rings. The zero-order valence-electron chi connectivity index (χ0n) is 7.72. The van der Waals surface area contributed by atoms with Gasteiger partial charge in [-0.15, -0.1) is 5.10 Å². The van der Waals surface area contributed by atoms with Crippen LogP contribution in [0.2, 0.25) is 0 Å². The highest BCUT2D eigenvalue weighted by Gasteiger charge is 2.15. The van der Waals surface area contributed by atoms with Gasteiger partial charge in [0.25, 0.3) is 0 Å². The van der Waals surface area contributed by atoms with E-state index < -0.39 is 0 Å². The molecule has 0 aliphatic heterocycles. The largest absolute Gasteiger partial charge is 0.271 e. The van der Waals surface area contributed by atoms with Crippen molar-refractivity contribution in [2.75, 3.05) is 0 Å². The Hall–Kier alpha value is -1.37. The van der Waals surface area contributed by atoms with Crippen molar-refractivity contribution < 1.29 is 4.39 Å². The van der Waals surface area contributed by atoms with Gasteiger partial charge in [0.05, 0.1) is 11.7 Å². The Bertz CT molecular complexity index is 431. The number of benzene rings is 1. The minimum absolute atomic E-state index is 0.295. The molecule has 0 aliphatic carbocycles. The lowest BCUT2D eigenvalue weighted by atomic mass is 10.1. The maximum Gasteiger partial charge on any atom is 0.123 e. The second-order valence-electron chi connectivity index (χ2n) is 2.98. The van der Waals surface area contributed by atoms with Crippen molar-refractivity contribution in [2.24, 2.45) is 5.84 Å². The molecule has 0 saturated carbocycles. The molecule has 1 heterocycles. The molecule has 1 aromatic heterocycles. The van der Waals surface area contributed by atoms with Crippen LogP contribution in [0.25, 0.3) is 0 Å². The van der Waals surface area contributed by atoms with Gasteiger partial charge in [0.15, 0.2) is 0 Å². The molecule has 2 rings (SSSR count). The van der Waals surface area contributed by atoms with Gasteiger partial charge < -0.3 is 0 Å². The highest BCUT2D eigenvalue weighted by molar-refractivity contribution is 7.03. The van der Waals surface area contributed by atoms with E-state index in [-0.39, 0.29) is 11.9 Å². The zero-order chi connectivity index (χ0) is 10.7. The Balaban J connectivity index is 2.35. The smallest absolute Gasteiger partial charge is 0.123 e. The van der Waals surface area contributed by atoms with Crippen LogP contribution in [0.5, 0.6) is 0 Å². The second kappa shape index (κ2) is 4.43. The summed E-state index contributed by atoms with van der Waals surface area (Å²) in [7, 11) is 0. The second-order valence-corrected chi connectivity index (χ2v) is 3.59. The number of hydrazine groups is 1. The van der Waals surface area contributed by atoms with Gasteiger partial charge in [-0.1, -0.05) is 16.6 Å². The molecule has 0 amide bonds. The quantitative estimate of drug-likeness (QED) is 0.608. The number of hydrogen-bond acceptors (Lipinski definition) is 5. The topological polar surface area (TPSA) is 63.8 Å². The minimum atomic E-state index is -0.320. The number of halogens is 1. The van der Waals surface area contributed by atoms with Crippen LogP contribution in [0.4, 0.5) is 4.39 Å². The summed E-state index contributed by atoms with van der Waals surface area (Å²) < 4.78 is 16.7. The predicted molar refractivity (Wildman–Crippen MR) is 55.5 cm³/mol. The van der Waals surface area contributed by atoms with E-state index in [9.17, 15) is 4.39 Å². The van der Waals surface area contributed by atoms with E-state index in [4.69, 9.17) is 5.84 Å². The van der Waals surface area contributed by atoms with E-state index in [2.05, 4.69) is 15.0 Å². The molecule has 1 aromatic carbocycles. The van der Waals surface area contributed by atoms with E-state index in [0.29, 0.717) is 5.69 Å². The first-order valence-corrected chi connectivity index (χ1v) is 5.13. The zero-order valence-corrected chi connectivity index (χ0v) is 8.54. The molecule has 15 heavy (non-hydrogen) atoms. The number of hydrogen-bond donors (Lipinski definition) is 2. The fourth-order valence-electron chi connectivity index (χ4n) is 1.34. The highest BCUT2D eigenvalue weighted by Crippen LogP contribution is 2.20. The van der Waals surface area contributed by atoms with E-state index >= 15 is 0 Å².